The quantitative estimate of drug-likeness (QED) is 0.767. The molecule has 1 aliphatic heterocycles. The van der Waals surface area contributed by atoms with Gasteiger partial charge in [0.05, 0.1) is 6.54 Å². The standard InChI is InChI=1S/C13H26N2OS/c1-4-13(2,3)15-12(16)10-14-9-11-7-5-6-8-17-11/h11,14H,4-10H2,1-3H3,(H,15,16). The summed E-state index contributed by atoms with van der Waals surface area (Å²) in [6.45, 7) is 7.61. The van der Waals surface area contributed by atoms with Gasteiger partial charge in [-0.2, -0.15) is 11.8 Å². The summed E-state index contributed by atoms with van der Waals surface area (Å²) >= 11 is 2.04. The summed E-state index contributed by atoms with van der Waals surface area (Å²) in [4.78, 5) is 11.7. The van der Waals surface area contributed by atoms with E-state index in [9.17, 15) is 4.79 Å². The molecule has 1 saturated heterocycles. The third-order valence-corrected chi connectivity index (χ3v) is 4.69. The van der Waals surface area contributed by atoms with Gasteiger partial charge in [-0.15, -0.1) is 0 Å². The molecule has 1 aliphatic rings. The van der Waals surface area contributed by atoms with Crippen molar-refractivity contribution in [2.45, 2.75) is 57.2 Å². The van der Waals surface area contributed by atoms with Crippen molar-refractivity contribution in [3.63, 3.8) is 0 Å². The smallest absolute Gasteiger partial charge is 0.234 e. The van der Waals surface area contributed by atoms with Gasteiger partial charge in [0.25, 0.3) is 0 Å². The van der Waals surface area contributed by atoms with Crippen LogP contribution in [-0.2, 0) is 4.79 Å². The summed E-state index contributed by atoms with van der Waals surface area (Å²) in [6, 6.07) is 0. The molecule has 1 heterocycles. The number of nitrogens with one attached hydrogen (secondary N) is 2. The van der Waals surface area contributed by atoms with Crippen LogP contribution in [0.25, 0.3) is 0 Å². The molecule has 0 spiro atoms. The van der Waals surface area contributed by atoms with Gasteiger partial charge in [0, 0.05) is 17.3 Å². The molecule has 0 aromatic carbocycles. The average Bonchev–Trinajstić information content (AvgIpc) is 2.30. The Morgan fingerprint density at radius 2 is 2.18 bits per heavy atom. The van der Waals surface area contributed by atoms with Gasteiger partial charge in [-0.3, -0.25) is 4.79 Å². The fraction of sp³-hybridized carbons (Fsp3) is 0.923. The maximum Gasteiger partial charge on any atom is 0.234 e. The molecule has 0 saturated carbocycles. The highest BCUT2D eigenvalue weighted by atomic mass is 32.2. The Balaban J connectivity index is 2.11. The van der Waals surface area contributed by atoms with Crippen molar-refractivity contribution in [1.29, 1.82) is 0 Å². The maximum absolute atomic E-state index is 11.7. The molecule has 1 atom stereocenters. The predicted octanol–water partition coefficient (Wildman–Crippen LogP) is 2.17. The lowest BCUT2D eigenvalue weighted by Crippen LogP contribution is -2.47. The average molecular weight is 258 g/mol. The Morgan fingerprint density at radius 1 is 1.41 bits per heavy atom. The molecule has 0 radical (unpaired) electrons. The van der Waals surface area contributed by atoms with Crippen LogP contribution in [0.4, 0.5) is 0 Å². The first-order chi connectivity index (χ1) is 8.03. The topological polar surface area (TPSA) is 41.1 Å². The van der Waals surface area contributed by atoms with Crippen molar-refractivity contribution in [3.8, 4) is 0 Å². The molecule has 2 N–H and O–H groups in total. The Bertz CT molecular complexity index is 238. The Morgan fingerprint density at radius 3 is 2.76 bits per heavy atom. The number of hydrogen-bond donors (Lipinski definition) is 2. The van der Waals surface area contributed by atoms with Crippen LogP contribution in [0.3, 0.4) is 0 Å². The van der Waals surface area contributed by atoms with E-state index in [-0.39, 0.29) is 11.4 Å². The fourth-order valence-corrected chi connectivity index (χ4v) is 3.10. The van der Waals surface area contributed by atoms with Crippen LogP contribution in [-0.4, -0.2) is 35.5 Å². The predicted molar refractivity (Wildman–Crippen MR) is 75.5 cm³/mol. The van der Waals surface area contributed by atoms with Crippen LogP contribution >= 0.6 is 11.8 Å². The number of carbonyl (C=O) groups is 1. The van der Waals surface area contributed by atoms with E-state index in [1.54, 1.807) is 0 Å². The largest absolute Gasteiger partial charge is 0.350 e. The van der Waals surface area contributed by atoms with Crippen LogP contribution in [0.5, 0.6) is 0 Å². The zero-order valence-electron chi connectivity index (χ0n) is 11.3. The second-order valence-electron chi connectivity index (χ2n) is 5.41. The summed E-state index contributed by atoms with van der Waals surface area (Å²) in [5, 5.41) is 7.01. The molecule has 0 aromatic heterocycles. The molecule has 1 unspecified atom stereocenters. The zero-order valence-corrected chi connectivity index (χ0v) is 12.2. The summed E-state index contributed by atoms with van der Waals surface area (Å²) < 4.78 is 0. The van der Waals surface area contributed by atoms with E-state index in [1.165, 1.54) is 25.0 Å². The first kappa shape index (κ1) is 14.8. The van der Waals surface area contributed by atoms with Crippen molar-refractivity contribution in [3.05, 3.63) is 0 Å². The van der Waals surface area contributed by atoms with Crippen LogP contribution in [0.15, 0.2) is 0 Å². The van der Waals surface area contributed by atoms with Crippen molar-refractivity contribution >= 4 is 17.7 Å². The Labute approximate surface area is 109 Å². The van der Waals surface area contributed by atoms with E-state index >= 15 is 0 Å². The summed E-state index contributed by atoms with van der Waals surface area (Å²) in [5.74, 6) is 1.39. The van der Waals surface area contributed by atoms with Crippen molar-refractivity contribution in [2.75, 3.05) is 18.8 Å². The molecular formula is C13H26N2OS. The molecule has 1 amide bonds. The summed E-state index contributed by atoms with van der Waals surface area (Å²) in [6.07, 6.45) is 4.94. The van der Waals surface area contributed by atoms with Crippen LogP contribution in [0, 0.1) is 0 Å². The molecule has 1 rings (SSSR count). The van der Waals surface area contributed by atoms with E-state index in [0.29, 0.717) is 11.8 Å². The first-order valence-corrected chi connectivity index (χ1v) is 7.72. The fourth-order valence-electron chi connectivity index (χ4n) is 1.83. The van der Waals surface area contributed by atoms with E-state index in [0.717, 1.165) is 13.0 Å². The Hall–Kier alpha value is -0.220. The highest BCUT2D eigenvalue weighted by Gasteiger charge is 2.18. The second kappa shape index (κ2) is 7.27. The molecule has 0 bridgehead atoms. The number of carbonyl (C=O) groups excluding carboxylic acids is 1. The van der Waals surface area contributed by atoms with Gasteiger partial charge in [0.1, 0.15) is 0 Å². The lowest BCUT2D eigenvalue weighted by atomic mass is 10.0. The molecule has 100 valence electrons. The van der Waals surface area contributed by atoms with Crippen LogP contribution in [0.1, 0.15) is 46.5 Å². The Kier molecular flexibility index (Phi) is 6.34. The van der Waals surface area contributed by atoms with Gasteiger partial charge < -0.3 is 10.6 Å². The lowest BCUT2D eigenvalue weighted by molar-refractivity contribution is -0.121. The third kappa shape index (κ3) is 6.32. The van der Waals surface area contributed by atoms with Gasteiger partial charge in [-0.25, -0.2) is 0 Å². The maximum atomic E-state index is 11.7. The number of thioether (sulfide) groups is 1. The zero-order chi connectivity index (χ0) is 12.7. The molecule has 4 heteroatoms. The first-order valence-electron chi connectivity index (χ1n) is 6.67. The van der Waals surface area contributed by atoms with E-state index in [2.05, 4.69) is 31.4 Å². The lowest BCUT2D eigenvalue weighted by Gasteiger charge is -2.25. The van der Waals surface area contributed by atoms with Gasteiger partial charge in [0.15, 0.2) is 0 Å². The molecule has 3 nitrogen and oxygen atoms in total. The number of hydrogen-bond acceptors (Lipinski definition) is 3. The van der Waals surface area contributed by atoms with E-state index in [4.69, 9.17) is 0 Å². The third-order valence-electron chi connectivity index (χ3n) is 3.29. The van der Waals surface area contributed by atoms with Gasteiger partial charge in [-0.1, -0.05) is 13.3 Å². The molecule has 1 fully saturated rings. The van der Waals surface area contributed by atoms with E-state index < -0.39 is 0 Å². The highest BCUT2D eigenvalue weighted by Crippen LogP contribution is 2.24. The van der Waals surface area contributed by atoms with Crippen molar-refractivity contribution in [2.24, 2.45) is 0 Å². The van der Waals surface area contributed by atoms with Crippen LogP contribution in [0.2, 0.25) is 0 Å². The summed E-state index contributed by atoms with van der Waals surface area (Å²) in [5.41, 5.74) is -0.0850. The van der Waals surface area contributed by atoms with Crippen LogP contribution < -0.4 is 10.6 Å². The molecule has 0 aromatic rings. The molecular weight excluding hydrogens is 232 g/mol. The normalized spacial score (nSPS) is 21.2. The monoisotopic (exact) mass is 258 g/mol. The van der Waals surface area contributed by atoms with E-state index in [1.807, 2.05) is 11.8 Å². The number of rotatable bonds is 6. The number of amides is 1. The highest BCUT2D eigenvalue weighted by molar-refractivity contribution is 7.99. The van der Waals surface area contributed by atoms with Crippen molar-refractivity contribution in [1.82, 2.24) is 10.6 Å². The molecule has 17 heavy (non-hydrogen) atoms. The van der Waals surface area contributed by atoms with Crippen molar-refractivity contribution < 1.29 is 4.79 Å². The second-order valence-corrected chi connectivity index (χ2v) is 6.81. The minimum atomic E-state index is -0.0850. The minimum absolute atomic E-state index is 0.0850. The SMILES string of the molecule is CCC(C)(C)NC(=O)CNCC1CCCCS1. The molecule has 0 aliphatic carbocycles. The minimum Gasteiger partial charge on any atom is -0.350 e. The van der Waals surface area contributed by atoms with Gasteiger partial charge >= 0.3 is 0 Å². The summed E-state index contributed by atoms with van der Waals surface area (Å²) in [7, 11) is 0. The van der Waals surface area contributed by atoms with Gasteiger partial charge in [0.2, 0.25) is 5.91 Å². The van der Waals surface area contributed by atoms with Gasteiger partial charge in [-0.05, 0) is 38.9 Å².